The first-order valence-corrected chi connectivity index (χ1v) is 7.12. The molecule has 4 heteroatoms. The Morgan fingerprint density at radius 3 is 2.71 bits per heavy atom. The molecule has 1 atom stereocenters. The van der Waals surface area contributed by atoms with Crippen molar-refractivity contribution >= 4 is 11.4 Å². The van der Waals surface area contributed by atoms with Crippen molar-refractivity contribution in [3.8, 4) is 5.75 Å². The summed E-state index contributed by atoms with van der Waals surface area (Å²) in [6, 6.07) is 13.5. The minimum Gasteiger partial charge on any atom is -0.494 e. The maximum absolute atomic E-state index is 13.6. The van der Waals surface area contributed by atoms with Gasteiger partial charge in [-0.05, 0) is 12.0 Å². The number of hydrogen-bond acceptors (Lipinski definition) is 3. The summed E-state index contributed by atoms with van der Waals surface area (Å²) in [7, 11) is 1.47. The molecule has 0 saturated carbocycles. The van der Waals surface area contributed by atoms with E-state index in [4.69, 9.17) is 10.5 Å². The fourth-order valence-electron chi connectivity index (χ4n) is 2.96. The first-order chi connectivity index (χ1) is 10.2. The first kappa shape index (κ1) is 13.7. The van der Waals surface area contributed by atoms with Crippen LogP contribution in [0.5, 0.6) is 5.75 Å². The molecule has 2 aromatic carbocycles. The van der Waals surface area contributed by atoms with E-state index in [2.05, 4.69) is 29.2 Å². The van der Waals surface area contributed by atoms with Crippen molar-refractivity contribution in [1.82, 2.24) is 0 Å². The number of nitrogens with zero attached hydrogens (tertiary/aromatic N) is 1. The quantitative estimate of drug-likeness (QED) is 0.879. The van der Waals surface area contributed by atoms with Crippen molar-refractivity contribution in [2.24, 2.45) is 0 Å². The van der Waals surface area contributed by atoms with E-state index in [0.717, 1.165) is 25.2 Å². The number of methoxy groups -OCH3 is 1. The van der Waals surface area contributed by atoms with E-state index in [1.807, 2.05) is 6.07 Å². The number of ether oxygens (including phenoxy) is 1. The molecular weight excluding hydrogens is 267 g/mol. The summed E-state index contributed by atoms with van der Waals surface area (Å²) in [4.78, 5) is 2.20. The van der Waals surface area contributed by atoms with Crippen LogP contribution in [0.15, 0.2) is 42.5 Å². The molecule has 0 amide bonds. The zero-order chi connectivity index (χ0) is 14.8. The number of anilines is 2. The fraction of sp³-hybridized carbons (Fsp3) is 0.294. The Bertz CT molecular complexity index is 630. The third-order valence-electron chi connectivity index (χ3n) is 4.10. The van der Waals surface area contributed by atoms with Gasteiger partial charge in [0, 0.05) is 31.1 Å². The molecule has 1 aliphatic heterocycles. The standard InChI is InChI=1S/C17H19FN2O/c1-21-17-10-16(15(19)9-14(17)18)20-8-7-13(11-20)12-5-3-2-4-6-12/h2-6,9-10,13H,7-8,11,19H2,1H3. The van der Waals surface area contributed by atoms with Crippen molar-refractivity contribution in [3.63, 3.8) is 0 Å². The first-order valence-electron chi connectivity index (χ1n) is 7.12. The van der Waals surface area contributed by atoms with Crippen molar-refractivity contribution in [3.05, 3.63) is 53.8 Å². The Hall–Kier alpha value is -2.23. The molecule has 1 unspecified atom stereocenters. The molecule has 110 valence electrons. The highest BCUT2D eigenvalue weighted by Crippen LogP contribution is 2.36. The largest absolute Gasteiger partial charge is 0.494 e. The van der Waals surface area contributed by atoms with Gasteiger partial charge in [-0.15, -0.1) is 0 Å². The highest BCUT2D eigenvalue weighted by Gasteiger charge is 2.26. The maximum Gasteiger partial charge on any atom is 0.167 e. The van der Waals surface area contributed by atoms with Crippen LogP contribution in [0.3, 0.4) is 0 Å². The lowest BCUT2D eigenvalue weighted by Gasteiger charge is -2.21. The normalized spacial score (nSPS) is 18.0. The topological polar surface area (TPSA) is 38.5 Å². The molecule has 1 fully saturated rings. The van der Waals surface area contributed by atoms with Gasteiger partial charge in [-0.25, -0.2) is 4.39 Å². The molecule has 3 rings (SSSR count). The van der Waals surface area contributed by atoms with Crippen LogP contribution in [0, 0.1) is 5.82 Å². The van der Waals surface area contributed by atoms with Crippen molar-refractivity contribution in [1.29, 1.82) is 0 Å². The summed E-state index contributed by atoms with van der Waals surface area (Å²) in [5, 5.41) is 0. The number of nitrogen functional groups attached to an aromatic ring is 1. The second kappa shape index (κ2) is 5.64. The number of hydrogen-bond donors (Lipinski definition) is 1. The SMILES string of the molecule is COc1cc(N2CCC(c3ccccc3)C2)c(N)cc1F. The van der Waals surface area contributed by atoms with Gasteiger partial charge in [-0.2, -0.15) is 0 Å². The van der Waals surface area contributed by atoms with Gasteiger partial charge in [-0.1, -0.05) is 30.3 Å². The van der Waals surface area contributed by atoms with Crippen LogP contribution in [-0.4, -0.2) is 20.2 Å². The molecule has 1 heterocycles. The fourth-order valence-corrected chi connectivity index (χ4v) is 2.96. The highest BCUT2D eigenvalue weighted by atomic mass is 19.1. The molecule has 21 heavy (non-hydrogen) atoms. The van der Waals surface area contributed by atoms with Gasteiger partial charge in [0.05, 0.1) is 18.5 Å². The number of halogens is 1. The molecular formula is C17H19FN2O. The van der Waals surface area contributed by atoms with Crippen LogP contribution in [0.2, 0.25) is 0 Å². The van der Waals surface area contributed by atoms with Crippen molar-refractivity contribution in [2.45, 2.75) is 12.3 Å². The molecule has 0 radical (unpaired) electrons. The third-order valence-corrected chi connectivity index (χ3v) is 4.10. The van der Waals surface area contributed by atoms with Gasteiger partial charge < -0.3 is 15.4 Å². The van der Waals surface area contributed by atoms with Gasteiger partial charge in [0.15, 0.2) is 11.6 Å². The summed E-state index contributed by atoms with van der Waals surface area (Å²) in [5.74, 6) is 0.307. The van der Waals surface area contributed by atoms with Crippen molar-refractivity contribution < 1.29 is 9.13 Å². The Balaban J connectivity index is 1.83. The van der Waals surface area contributed by atoms with Gasteiger partial charge >= 0.3 is 0 Å². The van der Waals surface area contributed by atoms with Gasteiger partial charge in [0.1, 0.15) is 0 Å². The van der Waals surface area contributed by atoms with Crippen LogP contribution in [0.4, 0.5) is 15.8 Å². The Labute approximate surface area is 124 Å². The summed E-state index contributed by atoms with van der Waals surface area (Å²) in [6.07, 6.45) is 1.07. The zero-order valence-corrected chi connectivity index (χ0v) is 12.1. The number of nitrogens with two attached hydrogens (primary N) is 1. The maximum atomic E-state index is 13.6. The summed E-state index contributed by atoms with van der Waals surface area (Å²) < 4.78 is 18.7. The van der Waals surface area contributed by atoms with E-state index < -0.39 is 5.82 Å². The van der Waals surface area contributed by atoms with Crippen molar-refractivity contribution in [2.75, 3.05) is 30.8 Å². The van der Waals surface area contributed by atoms with E-state index in [0.29, 0.717) is 11.6 Å². The second-order valence-electron chi connectivity index (χ2n) is 5.39. The van der Waals surface area contributed by atoms with Crippen LogP contribution < -0.4 is 15.4 Å². The number of benzene rings is 2. The minimum absolute atomic E-state index is 0.238. The lowest BCUT2D eigenvalue weighted by atomic mass is 9.99. The third kappa shape index (κ3) is 2.66. The Kier molecular flexibility index (Phi) is 3.69. The van der Waals surface area contributed by atoms with E-state index in [1.165, 1.54) is 18.7 Å². The van der Waals surface area contributed by atoms with E-state index >= 15 is 0 Å². The highest BCUT2D eigenvalue weighted by molar-refractivity contribution is 5.70. The monoisotopic (exact) mass is 286 g/mol. The van der Waals surface area contributed by atoms with Gasteiger partial charge in [-0.3, -0.25) is 0 Å². The van der Waals surface area contributed by atoms with Gasteiger partial charge in [0.25, 0.3) is 0 Å². The molecule has 1 saturated heterocycles. The summed E-state index contributed by atoms with van der Waals surface area (Å²) in [6.45, 7) is 1.81. The molecule has 0 spiro atoms. The zero-order valence-electron chi connectivity index (χ0n) is 12.1. The lowest BCUT2D eigenvalue weighted by Crippen LogP contribution is -2.20. The predicted molar refractivity (Wildman–Crippen MR) is 83.4 cm³/mol. The predicted octanol–water partition coefficient (Wildman–Crippen LogP) is 3.41. The average Bonchev–Trinajstić information content (AvgIpc) is 2.98. The molecule has 3 nitrogen and oxygen atoms in total. The summed E-state index contributed by atoms with van der Waals surface area (Å²) in [5.41, 5.74) is 8.63. The molecule has 0 aromatic heterocycles. The van der Waals surface area contributed by atoms with Crippen LogP contribution in [-0.2, 0) is 0 Å². The summed E-state index contributed by atoms with van der Waals surface area (Å²) >= 11 is 0. The Morgan fingerprint density at radius 2 is 2.00 bits per heavy atom. The molecule has 0 bridgehead atoms. The lowest BCUT2D eigenvalue weighted by molar-refractivity contribution is 0.387. The van der Waals surface area contributed by atoms with Crippen LogP contribution in [0.25, 0.3) is 0 Å². The number of rotatable bonds is 3. The van der Waals surface area contributed by atoms with E-state index in [1.54, 1.807) is 6.07 Å². The second-order valence-corrected chi connectivity index (χ2v) is 5.39. The van der Waals surface area contributed by atoms with Crippen LogP contribution in [0.1, 0.15) is 17.9 Å². The molecule has 0 aliphatic carbocycles. The van der Waals surface area contributed by atoms with E-state index in [9.17, 15) is 4.39 Å². The smallest absolute Gasteiger partial charge is 0.167 e. The van der Waals surface area contributed by atoms with E-state index in [-0.39, 0.29) is 5.75 Å². The van der Waals surface area contributed by atoms with Crippen LogP contribution >= 0.6 is 0 Å². The Morgan fingerprint density at radius 1 is 1.24 bits per heavy atom. The molecule has 2 N–H and O–H groups in total. The average molecular weight is 286 g/mol. The minimum atomic E-state index is -0.419. The molecule has 2 aromatic rings. The molecule has 1 aliphatic rings. The van der Waals surface area contributed by atoms with Gasteiger partial charge in [0.2, 0.25) is 0 Å².